The molecule has 0 unspecified atom stereocenters. The van der Waals surface area contributed by atoms with Crippen LogP contribution in [-0.4, -0.2) is 17.4 Å². The summed E-state index contributed by atoms with van der Waals surface area (Å²) in [5.74, 6) is 0.578. The molecule has 0 atom stereocenters. The van der Waals surface area contributed by atoms with Crippen LogP contribution in [-0.2, 0) is 4.79 Å². The van der Waals surface area contributed by atoms with Crippen LogP contribution in [0.15, 0.2) is 18.5 Å². The van der Waals surface area contributed by atoms with Crippen molar-refractivity contribution in [2.45, 2.75) is 13.3 Å². The zero-order chi connectivity index (χ0) is 9.68. The van der Waals surface area contributed by atoms with E-state index in [-0.39, 0.29) is 12.4 Å². The van der Waals surface area contributed by atoms with Crippen LogP contribution >= 0.6 is 11.6 Å². The van der Waals surface area contributed by atoms with Crippen LogP contribution in [0.4, 0.5) is 0 Å². The minimum Gasteiger partial charge on any atom is -0.484 e. The zero-order valence-corrected chi connectivity index (χ0v) is 8.04. The van der Waals surface area contributed by atoms with E-state index in [0.717, 1.165) is 0 Å². The first-order valence-electron chi connectivity index (χ1n) is 3.97. The maximum atomic E-state index is 10.9. The fourth-order valence-corrected chi connectivity index (χ4v) is 0.901. The molecule has 70 valence electrons. The minimum absolute atomic E-state index is 0.0555. The quantitative estimate of drug-likeness (QED) is 0.746. The fourth-order valence-electron chi connectivity index (χ4n) is 0.737. The summed E-state index contributed by atoms with van der Waals surface area (Å²) in [4.78, 5) is 14.7. The van der Waals surface area contributed by atoms with E-state index in [2.05, 4.69) is 4.98 Å². The van der Waals surface area contributed by atoms with Crippen molar-refractivity contribution in [3.05, 3.63) is 23.5 Å². The lowest BCUT2D eigenvalue weighted by atomic mass is 10.3. The Morgan fingerprint density at radius 3 is 3.00 bits per heavy atom. The summed E-state index contributed by atoms with van der Waals surface area (Å²) >= 11 is 5.67. The van der Waals surface area contributed by atoms with Gasteiger partial charge in [0.1, 0.15) is 12.4 Å². The molecule has 0 fully saturated rings. The molecular weight excluding hydrogens is 190 g/mol. The van der Waals surface area contributed by atoms with Crippen LogP contribution in [0.3, 0.4) is 0 Å². The maximum absolute atomic E-state index is 10.9. The highest BCUT2D eigenvalue weighted by molar-refractivity contribution is 6.30. The number of nitrogens with zero attached hydrogens (tertiary/aromatic N) is 1. The van der Waals surface area contributed by atoms with E-state index in [9.17, 15) is 4.79 Å². The predicted octanol–water partition coefficient (Wildman–Crippen LogP) is 2.09. The van der Waals surface area contributed by atoms with Gasteiger partial charge in [0.05, 0.1) is 11.2 Å². The van der Waals surface area contributed by atoms with E-state index in [4.69, 9.17) is 16.3 Å². The first kappa shape index (κ1) is 9.99. The lowest BCUT2D eigenvalue weighted by Crippen LogP contribution is -2.09. The van der Waals surface area contributed by atoms with Crippen molar-refractivity contribution in [1.82, 2.24) is 4.98 Å². The standard InChI is InChI=1S/C9H10ClNO2/c1-2-8(12)6-13-9-3-7(10)4-11-5-9/h3-5H,2,6H2,1H3. The van der Waals surface area contributed by atoms with Gasteiger partial charge < -0.3 is 4.74 Å². The number of ketones is 1. The Kier molecular flexibility index (Phi) is 3.71. The largest absolute Gasteiger partial charge is 0.484 e. The minimum atomic E-state index is 0.0555. The molecule has 0 aliphatic heterocycles. The molecule has 1 aromatic heterocycles. The summed E-state index contributed by atoms with van der Waals surface area (Å²) < 4.78 is 5.14. The van der Waals surface area contributed by atoms with Crippen LogP contribution in [0, 0.1) is 0 Å². The number of halogens is 1. The Labute approximate surface area is 81.7 Å². The number of carbonyl (C=O) groups is 1. The number of hydrogen-bond donors (Lipinski definition) is 0. The second-order valence-electron chi connectivity index (χ2n) is 2.52. The third-order valence-corrected chi connectivity index (χ3v) is 1.68. The van der Waals surface area contributed by atoms with E-state index in [1.54, 1.807) is 13.0 Å². The molecule has 0 radical (unpaired) electrons. The number of Topliss-reactive ketones (excluding diaryl/α,β-unsaturated/α-hetero) is 1. The van der Waals surface area contributed by atoms with Gasteiger partial charge in [0, 0.05) is 18.7 Å². The van der Waals surface area contributed by atoms with Gasteiger partial charge in [0.15, 0.2) is 5.78 Å². The second-order valence-corrected chi connectivity index (χ2v) is 2.96. The van der Waals surface area contributed by atoms with Gasteiger partial charge in [-0.15, -0.1) is 0 Å². The molecule has 0 saturated carbocycles. The van der Waals surface area contributed by atoms with Crippen molar-refractivity contribution < 1.29 is 9.53 Å². The Bertz CT molecular complexity index is 301. The Hall–Kier alpha value is -1.09. The number of carbonyl (C=O) groups excluding carboxylic acids is 1. The Morgan fingerprint density at radius 2 is 2.38 bits per heavy atom. The van der Waals surface area contributed by atoms with E-state index in [1.165, 1.54) is 12.4 Å². The van der Waals surface area contributed by atoms with Gasteiger partial charge in [-0.05, 0) is 0 Å². The van der Waals surface area contributed by atoms with Gasteiger partial charge in [0.2, 0.25) is 0 Å². The molecule has 0 N–H and O–H groups in total. The summed E-state index contributed by atoms with van der Waals surface area (Å²) in [5.41, 5.74) is 0. The van der Waals surface area contributed by atoms with Gasteiger partial charge >= 0.3 is 0 Å². The third-order valence-electron chi connectivity index (χ3n) is 1.47. The van der Waals surface area contributed by atoms with E-state index < -0.39 is 0 Å². The molecule has 1 heterocycles. The molecule has 13 heavy (non-hydrogen) atoms. The molecule has 0 spiro atoms. The number of rotatable bonds is 4. The molecule has 1 aromatic rings. The van der Waals surface area contributed by atoms with Gasteiger partial charge in [-0.25, -0.2) is 0 Å². The highest BCUT2D eigenvalue weighted by Gasteiger charge is 2.00. The number of pyridine rings is 1. The number of aromatic nitrogens is 1. The fraction of sp³-hybridized carbons (Fsp3) is 0.333. The highest BCUT2D eigenvalue weighted by atomic mass is 35.5. The zero-order valence-electron chi connectivity index (χ0n) is 7.29. The Morgan fingerprint density at radius 1 is 1.62 bits per heavy atom. The smallest absolute Gasteiger partial charge is 0.169 e. The molecule has 0 aromatic carbocycles. The van der Waals surface area contributed by atoms with Crippen molar-refractivity contribution >= 4 is 17.4 Å². The first-order chi connectivity index (χ1) is 6.22. The normalized spacial score (nSPS) is 9.69. The molecule has 1 rings (SSSR count). The summed E-state index contributed by atoms with van der Waals surface area (Å²) in [6.45, 7) is 1.88. The monoisotopic (exact) mass is 199 g/mol. The van der Waals surface area contributed by atoms with Gasteiger partial charge in [-0.2, -0.15) is 0 Å². The van der Waals surface area contributed by atoms with E-state index in [1.807, 2.05) is 0 Å². The molecule has 4 heteroatoms. The molecule has 3 nitrogen and oxygen atoms in total. The predicted molar refractivity (Wildman–Crippen MR) is 50.0 cm³/mol. The van der Waals surface area contributed by atoms with E-state index >= 15 is 0 Å². The lowest BCUT2D eigenvalue weighted by Gasteiger charge is -2.03. The Balaban J connectivity index is 2.50. The molecule has 0 bridgehead atoms. The van der Waals surface area contributed by atoms with Crippen molar-refractivity contribution in [3.63, 3.8) is 0 Å². The summed E-state index contributed by atoms with van der Waals surface area (Å²) in [6.07, 6.45) is 3.51. The average molecular weight is 200 g/mol. The average Bonchev–Trinajstić information content (AvgIpc) is 2.14. The first-order valence-corrected chi connectivity index (χ1v) is 4.35. The lowest BCUT2D eigenvalue weighted by molar-refractivity contribution is -0.120. The second kappa shape index (κ2) is 4.82. The van der Waals surface area contributed by atoms with Crippen LogP contribution in [0.2, 0.25) is 5.02 Å². The van der Waals surface area contributed by atoms with Gasteiger partial charge in [0.25, 0.3) is 0 Å². The van der Waals surface area contributed by atoms with Crippen molar-refractivity contribution in [1.29, 1.82) is 0 Å². The molecule has 0 aliphatic rings. The van der Waals surface area contributed by atoms with Crippen LogP contribution in [0.5, 0.6) is 5.75 Å². The summed E-state index contributed by atoms with van der Waals surface area (Å²) in [6, 6.07) is 1.62. The molecule has 0 aliphatic carbocycles. The topological polar surface area (TPSA) is 39.2 Å². The summed E-state index contributed by atoms with van der Waals surface area (Å²) in [5, 5.41) is 0.501. The van der Waals surface area contributed by atoms with Crippen LogP contribution in [0.25, 0.3) is 0 Å². The summed E-state index contributed by atoms with van der Waals surface area (Å²) in [7, 11) is 0. The van der Waals surface area contributed by atoms with Gasteiger partial charge in [-0.3, -0.25) is 9.78 Å². The number of ether oxygens (including phenoxy) is 1. The molecule has 0 saturated heterocycles. The van der Waals surface area contributed by atoms with Crippen molar-refractivity contribution in [2.75, 3.05) is 6.61 Å². The third kappa shape index (κ3) is 3.42. The van der Waals surface area contributed by atoms with Gasteiger partial charge in [-0.1, -0.05) is 18.5 Å². The van der Waals surface area contributed by atoms with Crippen molar-refractivity contribution in [3.8, 4) is 5.75 Å². The number of hydrogen-bond acceptors (Lipinski definition) is 3. The molecule has 0 amide bonds. The van der Waals surface area contributed by atoms with Crippen LogP contribution < -0.4 is 4.74 Å². The SMILES string of the molecule is CCC(=O)COc1cncc(Cl)c1. The van der Waals surface area contributed by atoms with Crippen molar-refractivity contribution in [2.24, 2.45) is 0 Å². The molecular formula is C9H10ClNO2. The van der Waals surface area contributed by atoms with E-state index in [0.29, 0.717) is 17.2 Å². The highest BCUT2D eigenvalue weighted by Crippen LogP contribution is 2.14. The maximum Gasteiger partial charge on any atom is 0.169 e. The van der Waals surface area contributed by atoms with Crippen LogP contribution in [0.1, 0.15) is 13.3 Å².